The first-order chi connectivity index (χ1) is 9.30. The largest absolute Gasteiger partial charge is 0.347 e. The van der Waals surface area contributed by atoms with Crippen LogP contribution in [-0.2, 0) is 9.47 Å². The van der Waals surface area contributed by atoms with Crippen molar-refractivity contribution in [1.82, 2.24) is 0 Å². The minimum Gasteiger partial charge on any atom is -0.347 e. The van der Waals surface area contributed by atoms with Crippen LogP contribution in [0.25, 0.3) is 0 Å². The molecule has 0 aromatic heterocycles. The Hall–Kier alpha value is -0.0800. The maximum absolute atomic E-state index is 6.54. The van der Waals surface area contributed by atoms with E-state index in [0.29, 0.717) is 16.7 Å². The molecule has 2 bridgehead atoms. The zero-order chi connectivity index (χ0) is 14.2. The minimum absolute atomic E-state index is 0.0473. The molecule has 0 amide bonds. The Morgan fingerprint density at radius 3 is 2.40 bits per heavy atom. The van der Waals surface area contributed by atoms with E-state index in [0.717, 1.165) is 18.9 Å². The van der Waals surface area contributed by atoms with Crippen LogP contribution in [0.5, 0.6) is 0 Å². The molecule has 2 saturated carbocycles. The summed E-state index contributed by atoms with van der Waals surface area (Å²) in [6.07, 6.45) is 9.14. The Labute approximate surface area is 123 Å². The van der Waals surface area contributed by atoms with Gasteiger partial charge >= 0.3 is 0 Å². The Bertz CT molecular complexity index is 431. The highest BCUT2D eigenvalue weighted by Crippen LogP contribution is 2.67. The molecule has 0 aromatic carbocycles. The molecule has 1 spiro atoms. The molecule has 0 aromatic rings. The average molecular weight is 278 g/mol. The van der Waals surface area contributed by atoms with Gasteiger partial charge in [-0.3, -0.25) is 0 Å². The van der Waals surface area contributed by atoms with Gasteiger partial charge < -0.3 is 9.47 Å². The van der Waals surface area contributed by atoms with Crippen molar-refractivity contribution >= 4 is 0 Å². The molecular formula is C18H30O2. The van der Waals surface area contributed by atoms with E-state index in [-0.39, 0.29) is 11.4 Å². The molecule has 0 N–H and O–H groups in total. The lowest BCUT2D eigenvalue weighted by atomic mass is 9.44. The van der Waals surface area contributed by atoms with Gasteiger partial charge in [-0.2, -0.15) is 0 Å². The van der Waals surface area contributed by atoms with Gasteiger partial charge in [0.15, 0.2) is 5.79 Å². The Morgan fingerprint density at radius 1 is 0.850 bits per heavy atom. The highest BCUT2D eigenvalue weighted by atomic mass is 16.8. The number of rotatable bonds is 0. The standard InChI is InChI=1S/C18H30O2/c1-15(2)8-5-9-16(3)13(15)7-11-18-12-19-17(4,20-18)10-6-14(16)18/h13-14H,5-12H2,1-4H3/t13-,14-,16-,17-,18-/m0/s1. The van der Waals surface area contributed by atoms with E-state index in [9.17, 15) is 0 Å². The minimum atomic E-state index is -0.274. The Morgan fingerprint density at radius 2 is 1.60 bits per heavy atom. The summed E-state index contributed by atoms with van der Waals surface area (Å²) >= 11 is 0. The molecule has 4 fully saturated rings. The summed E-state index contributed by atoms with van der Waals surface area (Å²) < 4.78 is 12.6. The maximum Gasteiger partial charge on any atom is 0.166 e. The predicted molar refractivity (Wildman–Crippen MR) is 79.4 cm³/mol. The van der Waals surface area contributed by atoms with Crippen molar-refractivity contribution in [3.05, 3.63) is 0 Å². The average Bonchev–Trinajstić information content (AvgIpc) is 2.58. The zero-order valence-electron chi connectivity index (χ0n) is 13.6. The first-order valence-electron chi connectivity index (χ1n) is 8.64. The van der Waals surface area contributed by atoms with Crippen LogP contribution in [0.1, 0.15) is 72.6 Å². The third-order valence-corrected chi connectivity index (χ3v) is 7.49. The van der Waals surface area contributed by atoms with E-state index < -0.39 is 0 Å². The molecule has 20 heavy (non-hydrogen) atoms. The van der Waals surface area contributed by atoms with Crippen molar-refractivity contribution in [1.29, 1.82) is 0 Å². The van der Waals surface area contributed by atoms with E-state index in [2.05, 4.69) is 27.7 Å². The third kappa shape index (κ3) is 1.58. The SMILES string of the molecule is CC1(C)CCC[C@]2(C)[C@@H]3CC[C@@]4(C)OC[C@]3(CC[C@@H]12)O4. The normalized spacial score (nSPS) is 57.0. The maximum atomic E-state index is 6.54. The molecular weight excluding hydrogens is 248 g/mol. The van der Waals surface area contributed by atoms with Crippen LogP contribution >= 0.6 is 0 Å². The van der Waals surface area contributed by atoms with Crippen LogP contribution < -0.4 is 0 Å². The van der Waals surface area contributed by atoms with Gasteiger partial charge in [-0.15, -0.1) is 0 Å². The fourth-order valence-electron chi connectivity index (χ4n) is 6.65. The molecule has 4 rings (SSSR count). The van der Waals surface area contributed by atoms with E-state index in [1.807, 2.05) is 0 Å². The van der Waals surface area contributed by atoms with Crippen LogP contribution in [0.15, 0.2) is 0 Å². The molecule has 114 valence electrons. The summed E-state index contributed by atoms with van der Waals surface area (Å²) in [5, 5.41) is 0. The second-order valence-electron chi connectivity index (χ2n) is 9.12. The van der Waals surface area contributed by atoms with Gasteiger partial charge in [-0.25, -0.2) is 0 Å². The second-order valence-corrected chi connectivity index (χ2v) is 9.12. The molecule has 0 radical (unpaired) electrons. The van der Waals surface area contributed by atoms with Crippen molar-refractivity contribution in [2.75, 3.05) is 6.61 Å². The highest BCUT2D eigenvalue weighted by molar-refractivity contribution is 5.13. The monoisotopic (exact) mass is 278 g/mol. The number of ether oxygens (including phenoxy) is 2. The first kappa shape index (κ1) is 13.6. The molecule has 2 heteroatoms. The van der Waals surface area contributed by atoms with Crippen molar-refractivity contribution in [3.8, 4) is 0 Å². The van der Waals surface area contributed by atoms with Gasteiger partial charge in [-0.05, 0) is 61.7 Å². The summed E-state index contributed by atoms with van der Waals surface area (Å²) in [7, 11) is 0. The van der Waals surface area contributed by atoms with Crippen molar-refractivity contribution in [3.63, 3.8) is 0 Å². The van der Waals surface area contributed by atoms with Crippen LogP contribution in [0.3, 0.4) is 0 Å². The lowest BCUT2D eigenvalue weighted by Crippen LogP contribution is -2.61. The molecule has 2 aliphatic heterocycles. The fourth-order valence-corrected chi connectivity index (χ4v) is 6.65. The lowest BCUT2D eigenvalue weighted by Gasteiger charge is -2.63. The summed E-state index contributed by atoms with van der Waals surface area (Å²) in [5.74, 6) is 1.31. The molecule has 4 aliphatic rings. The molecule has 2 nitrogen and oxygen atoms in total. The second kappa shape index (κ2) is 3.81. The smallest absolute Gasteiger partial charge is 0.166 e. The van der Waals surface area contributed by atoms with E-state index >= 15 is 0 Å². The Balaban J connectivity index is 1.73. The molecule has 0 unspecified atom stereocenters. The quantitative estimate of drug-likeness (QED) is 0.648. The van der Waals surface area contributed by atoms with Crippen molar-refractivity contribution in [2.45, 2.75) is 84.0 Å². The molecule has 2 heterocycles. The molecule has 2 aliphatic carbocycles. The summed E-state index contributed by atoms with van der Waals surface area (Å²) in [6.45, 7) is 10.6. The van der Waals surface area contributed by atoms with Gasteiger partial charge in [0, 0.05) is 6.42 Å². The molecule has 5 atom stereocenters. The fraction of sp³-hybridized carbons (Fsp3) is 1.00. The number of fused-ring (bicyclic) bond motifs is 3. The third-order valence-electron chi connectivity index (χ3n) is 7.49. The number of hydrogen-bond donors (Lipinski definition) is 0. The van der Waals surface area contributed by atoms with E-state index in [1.54, 1.807) is 0 Å². The lowest BCUT2D eigenvalue weighted by molar-refractivity contribution is -0.260. The van der Waals surface area contributed by atoms with Crippen molar-refractivity contribution < 1.29 is 9.47 Å². The Kier molecular flexibility index (Phi) is 2.59. The zero-order valence-corrected chi connectivity index (χ0v) is 13.6. The summed E-state index contributed by atoms with van der Waals surface area (Å²) in [5.41, 5.74) is 1.02. The first-order valence-corrected chi connectivity index (χ1v) is 8.64. The molecule has 2 saturated heterocycles. The highest BCUT2D eigenvalue weighted by Gasteiger charge is 2.66. The summed E-state index contributed by atoms with van der Waals surface area (Å²) in [4.78, 5) is 0. The van der Waals surface area contributed by atoms with Crippen LogP contribution in [0.4, 0.5) is 0 Å². The van der Waals surface area contributed by atoms with Gasteiger partial charge in [-0.1, -0.05) is 27.2 Å². The van der Waals surface area contributed by atoms with Gasteiger partial charge in [0.1, 0.15) is 0 Å². The van der Waals surface area contributed by atoms with Gasteiger partial charge in [0.05, 0.1) is 12.2 Å². The summed E-state index contributed by atoms with van der Waals surface area (Å²) in [6, 6.07) is 0. The number of hydrogen-bond acceptors (Lipinski definition) is 2. The van der Waals surface area contributed by atoms with Gasteiger partial charge in [0.2, 0.25) is 0 Å². The topological polar surface area (TPSA) is 18.5 Å². The van der Waals surface area contributed by atoms with E-state index in [4.69, 9.17) is 9.47 Å². The van der Waals surface area contributed by atoms with Crippen LogP contribution in [-0.4, -0.2) is 18.0 Å². The van der Waals surface area contributed by atoms with Crippen LogP contribution in [0, 0.1) is 22.7 Å². The van der Waals surface area contributed by atoms with Crippen molar-refractivity contribution in [2.24, 2.45) is 22.7 Å². The van der Waals surface area contributed by atoms with Gasteiger partial charge in [0.25, 0.3) is 0 Å². The predicted octanol–water partition coefficient (Wildman–Crippen LogP) is 4.52. The van der Waals surface area contributed by atoms with Crippen LogP contribution in [0.2, 0.25) is 0 Å². The van der Waals surface area contributed by atoms with E-state index in [1.165, 1.54) is 38.5 Å².